The van der Waals surface area contributed by atoms with Crippen LogP contribution in [0.3, 0.4) is 0 Å². The highest BCUT2D eigenvalue weighted by Crippen LogP contribution is 2.47. The van der Waals surface area contributed by atoms with Gasteiger partial charge in [0.2, 0.25) is 0 Å². The van der Waals surface area contributed by atoms with Crippen LogP contribution in [0.15, 0.2) is 115 Å². The van der Waals surface area contributed by atoms with Gasteiger partial charge in [-0.3, -0.25) is 0 Å². The summed E-state index contributed by atoms with van der Waals surface area (Å²) in [6.07, 6.45) is -4.60. The van der Waals surface area contributed by atoms with Crippen LogP contribution in [0.5, 0.6) is 0 Å². The molecule has 0 atom stereocenters. The summed E-state index contributed by atoms with van der Waals surface area (Å²) >= 11 is 0. The van der Waals surface area contributed by atoms with E-state index in [1.165, 1.54) is 6.07 Å². The zero-order valence-electron chi connectivity index (χ0n) is 25.9. The van der Waals surface area contributed by atoms with Crippen molar-refractivity contribution in [2.45, 2.75) is 26.9 Å². The summed E-state index contributed by atoms with van der Waals surface area (Å²) in [6, 6.07) is 36.6. The molecule has 0 radical (unpaired) electrons. The summed E-state index contributed by atoms with van der Waals surface area (Å²) in [5.41, 5.74) is 7.48. The molecule has 0 amide bonds. The maximum absolute atomic E-state index is 14.6. The number of halogens is 3. The zero-order valence-corrected chi connectivity index (χ0v) is 25.9. The Balaban J connectivity index is 1.60. The average Bonchev–Trinajstić information content (AvgIpc) is 3.55. The molecule has 0 aliphatic rings. The van der Waals surface area contributed by atoms with Crippen molar-refractivity contribution in [1.82, 2.24) is 9.13 Å². The Labute approximate surface area is 269 Å². The lowest BCUT2D eigenvalue weighted by molar-refractivity contribution is -0.137. The number of benzene rings is 6. The van der Waals surface area contributed by atoms with Gasteiger partial charge in [-0.1, -0.05) is 71.8 Å². The lowest BCUT2D eigenvalue weighted by atomic mass is 9.92. The van der Waals surface area contributed by atoms with Gasteiger partial charge in [0.15, 0.2) is 5.69 Å². The second-order valence-corrected chi connectivity index (χ2v) is 12.2. The highest BCUT2D eigenvalue weighted by molar-refractivity contribution is 6.12. The molecule has 0 spiro atoms. The van der Waals surface area contributed by atoms with E-state index in [9.17, 15) is 13.2 Å². The Hall–Kier alpha value is -5.80. The third kappa shape index (κ3) is 4.34. The maximum atomic E-state index is 14.6. The number of aryl methyl sites for hydroxylation is 3. The monoisotopic (exact) mass is 619 g/mol. The molecular formula is C41H28F3N3. The minimum Gasteiger partial charge on any atom is -0.308 e. The zero-order chi connectivity index (χ0) is 32.6. The Morgan fingerprint density at radius 1 is 0.553 bits per heavy atom. The summed E-state index contributed by atoms with van der Waals surface area (Å²) < 4.78 is 48.0. The molecule has 8 rings (SSSR count). The van der Waals surface area contributed by atoms with Crippen LogP contribution in [0.2, 0.25) is 0 Å². The van der Waals surface area contributed by atoms with E-state index < -0.39 is 11.7 Å². The number of rotatable bonds is 3. The Morgan fingerprint density at radius 3 is 1.60 bits per heavy atom. The van der Waals surface area contributed by atoms with Crippen LogP contribution in [0.25, 0.3) is 71.0 Å². The summed E-state index contributed by atoms with van der Waals surface area (Å²) in [5, 5.41) is 4.21. The average molecular weight is 620 g/mol. The Bertz CT molecular complexity index is 2610. The lowest BCUT2D eigenvalue weighted by Gasteiger charge is -2.22. The van der Waals surface area contributed by atoms with Crippen molar-refractivity contribution in [2.24, 2.45) is 0 Å². The predicted octanol–water partition coefficient (Wildman–Crippen LogP) is 12.0. The molecule has 8 aromatic rings. The van der Waals surface area contributed by atoms with Gasteiger partial charge in [-0.15, -0.1) is 0 Å². The third-order valence-corrected chi connectivity index (χ3v) is 9.20. The van der Waals surface area contributed by atoms with E-state index in [0.717, 1.165) is 60.8 Å². The van der Waals surface area contributed by atoms with Gasteiger partial charge in [0.05, 0.1) is 45.6 Å². The summed E-state index contributed by atoms with van der Waals surface area (Å²) in [4.78, 5) is 3.87. The summed E-state index contributed by atoms with van der Waals surface area (Å²) in [6.45, 7) is 14.0. The SMILES string of the molecule is [C-]#[N+]c1cc(-n2c3ccccc3c3cc(C)ccc32)c(-n2c3ccccc3c3cc(C)ccc32)cc1-c1c(C)cccc1C(F)(F)F. The molecule has 0 bridgehead atoms. The van der Waals surface area contributed by atoms with Crippen molar-refractivity contribution in [2.75, 3.05) is 0 Å². The molecule has 0 N–H and O–H groups in total. The minimum atomic E-state index is -4.60. The Morgan fingerprint density at radius 2 is 1.06 bits per heavy atom. The predicted molar refractivity (Wildman–Crippen MR) is 186 cm³/mol. The summed E-state index contributed by atoms with van der Waals surface area (Å²) in [7, 11) is 0. The van der Waals surface area contributed by atoms with E-state index in [4.69, 9.17) is 6.57 Å². The van der Waals surface area contributed by atoms with Crippen molar-refractivity contribution in [3.05, 3.63) is 149 Å². The van der Waals surface area contributed by atoms with Crippen molar-refractivity contribution < 1.29 is 13.2 Å². The fourth-order valence-electron chi connectivity index (χ4n) is 7.17. The van der Waals surface area contributed by atoms with Crippen molar-refractivity contribution in [1.29, 1.82) is 0 Å². The number of para-hydroxylation sites is 2. The van der Waals surface area contributed by atoms with Crippen LogP contribution >= 0.6 is 0 Å². The fourth-order valence-corrected chi connectivity index (χ4v) is 7.17. The standard InChI is InChI=1S/C41H28F3N3/c1-24-16-18-36-29(20-24)27-11-5-7-14-34(27)46(36)38-22-31(40-26(3)10-9-13-32(40)41(42,43)44)33(45-4)23-39(38)47-35-15-8-6-12-28(35)30-21-25(2)17-19-37(30)47/h5-23H,1-3H3. The topological polar surface area (TPSA) is 14.2 Å². The number of hydrogen-bond donors (Lipinski definition) is 0. The van der Waals surface area contributed by atoms with E-state index >= 15 is 0 Å². The smallest absolute Gasteiger partial charge is 0.308 e. The molecule has 0 unspecified atom stereocenters. The van der Waals surface area contributed by atoms with Crippen molar-refractivity contribution in [3.8, 4) is 22.5 Å². The van der Waals surface area contributed by atoms with E-state index in [2.05, 4.69) is 82.4 Å². The highest BCUT2D eigenvalue weighted by Gasteiger charge is 2.35. The van der Waals surface area contributed by atoms with E-state index in [-0.39, 0.29) is 16.8 Å². The lowest BCUT2D eigenvalue weighted by Crippen LogP contribution is -2.09. The van der Waals surface area contributed by atoms with Gasteiger partial charge >= 0.3 is 6.18 Å². The van der Waals surface area contributed by atoms with E-state index in [1.807, 2.05) is 30.3 Å². The molecular weight excluding hydrogens is 591 g/mol. The molecule has 6 aromatic carbocycles. The first kappa shape index (κ1) is 28.7. The molecule has 47 heavy (non-hydrogen) atoms. The van der Waals surface area contributed by atoms with Gasteiger partial charge < -0.3 is 9.13 Å². The molecule has 0 saturated carbocycles. The van der Waals surface area contributed by atoms with Crippen LogP contribution < -0.4 is 0 Å². The molecule has 0 aliphatic heterocycles. The van der Waals surface area contributed by atoms with Gasteiger partial charge in [0.25, 0.3) is 0 Å². The van der Waals surface area contributed by atoms with Gasteiger partial charge in [0, 0.05) is 21.5 Å². The maximum Gasteiger partial charge on any atom is 0.416 e. The van der Waals surface area contributed by atoms with Gasteiger partial charge in [-0.05, 0) is 92.1 Å². The fraction of sp³-hybridized carbons (Fsp3) is 0.0976. The van der Waals surface area contributed by atoms with E-state index in [1.54, 1.807) is 25.1 Å². The number of hydrogen-bond acceptors (Lipinski definition) is 0. The van der Waals surface area contributed by atoms with Gasteiger partial charge in [-0.2, -0.15) is 13.2 Å². The number of alkyl halides is 3. The molecule has 228 valence electrons. The van der Waals surface area contributed by atoms with Gasteiger partial charge in [-0.25, -0.2) is 4.85 Å². The second-order valence-electron chi connectivity index (χ2n) is 12.2. The summed E-state index contributed by atoms with van der Waals surface area (Å²) in [5.74, 6) is 0. The molecule has 2 heterocycles. The second kappa shape index (κ2) is 10.4. The minimum absolute atomic E-state index is 0.0215. The first-order valence-electron chi connectivity index (χ1n) is 15.4. The Kier molecular flexibility index (Phi) is 6.32. The quantitative estimate of drug-likeness (QED) is 0.175. The first-order chi connectivity index (χ1) is 22.7. The van der Waals surface area contributed by atoms with E-state index in [0.29, 0.717) is 16.9 Å². The van der Waals surface area contributed by atoms with Gasteiger partial charge in [0.1, 0.15) is 0 Å². The molecule has 3 nitrogen and oxygen atoms in total. The molecule has 0 aliphatic carbocycles. The first-order valence-corrected chi connectivity index (χ1v) is 15.4. The van der Waals surface area contributed by atoms with Crippen LogP contribution in [0.4, 0.5) is 18.9 Å². The van der Waals surface area contributed by atoms with Crippen molar-refractivity contribution in [3.63, 3.8) is 0 Å². The molecule has 0 fully saturated rings. The normalized spacial score (nSPS) is 12.0. The number of nitrogens with zero attached hydrogens (tertiary/aromatic N) is 3. The molecule has 0 saturated heterocycles. The van der Waals surface area contributed by atoms with Crippen LogP contribution in [0, 0.1) is 27.3 Å². The van der Waals surface area contributed by atoms with Crippen LogP contribution in [-0.2, 0) is 6.18 Å². The van der Waals surface area contributed by atoms with Crippen molar-refractivity contribution >= 4 is 49.3 Å². The highest BCUT2D eigenvalue weighted by atomic mass is 19.4. The third-order valence-electron chi connectivity index (χ3n) is 9.20. The largest absolute Gasteiger partial charge is 0.416 e. The molecule has 6 heteroatoms. The van der Waals surface area contributed by atoms with Crippen LogP contribution in [-0.4, -0.2) is 9.13 Å². The van der Waals surface area contributed by atoms with Crippen LogP contribution in [0.1, 0.15) is 22.3 Å². The number of fused-ring (bicyclic) bond motifs is 6. The number of aromatic nitrogens is 2. The molecule has 2 aromatic heterocycles.